The van der Waals surface area contributed by atoms with Crippen molar-refractivity contribution in [2.75, 3.05) is 48.3 Å². The first-order chi connectivity index (χ1) is 15.8. The molecule has 176 valence electrons. The summed E-state index contributed by atoms with van der Waals surface area (Å²) in [5.41, 5.74) is 1.79. The number of ether oxygens (including phenoxy) is 1. The highest BCUT2D eigenvalue weighted by Gasteiger charge is 2.26. The van der Waals surface area contributed by atoms with Crippen molar-refractivity contribution in [3.63, 3.8) is 0 Å². The zero-order valence-electron chi connectivity index (χ0n) is 19.6. The minimum absolute atomic E-state index is 0.170. The number of nitrogens with one attached hydrogen (secondary N) is 2. The molecule has 2 aliphatic rings. The number of nitrogens with zero attached hydrogens (tertiary/aromatic N) is 3. The maximum Gasteiger partial charge on any atom is 0.410 e. The Balaban J connectivity index is 1.26. The van der Waals surface area contributed by atoms with E-state index in [0.29, 0.717) is 24.3 Å². The minimum Gasteiger partial charge on any atom is -0.444 e. The second-order valence-corrected chi connectivity index (χ2v) is 9.71. The quantitative estimate of drug-likeness (QED) is 0.684. The van der Waals surface area contributed by atoms with Gasteiger partial charge in [-0.15, -0.1) is 0 Å². The van der Waals surface area contributed by atoms with E-state index < -0.39 is 5.60 Å². The fourth-order valence-corrected chi connectivity index (χ4v) is 3.64. The average Bonchev–Trinajstić information content (AvgIpc) is 3.62. The van der Waals surface area contributed by atoms with Crippen molar-refractivity contribution in [3.05, 3.63) is 48.2 Å². The molecule has 8 heteroatoms. The highest BCUT2D eigenvalue weighted by atomic mass is 16.6. The highest BCUT2D eigenvalue weighted by Crippen LogP contribution is 2.28. The second-order valence-electron chi connectivity index (χ2n) is 9.71. The number of piperazine rings is 1. The van der Waals surface area contributed by atoms with Crippen molar-refractivity contribution >= 4 is 29.2 Å². The van der Waals surface area contributed by atoms with Gasteiger partial charge >= 0.3 is 6.09 Å². The van der Waals surface area contributed by atoms with Crippen molar-refractivity contribution in [1.82, 2.24) is 9.88 Å². The molecule has 2 aromatic rings. The molecule has 1 aliphatic heterocycles. The number of pyridine rings is 1. The summed E-state index contributed by atoms with van der Waals surface area (Å²) < 4.78 is 5.46. The molecule has 1 aliphatic carbocycles. The summed E-state index contributed by atoms with van der Waals surface area (Å²) in [4.78, 5) is 33.2. The molecular weight excluding hydrogens is 418 g/mol. The van der Waals surface area contributed by atoms with Crippen LogP contribution in [-0.2, 0) is 4.74 Å². The summed E-state index contributed by atoms with van der Waals surface area (Å²) in [7, 11) is 0. The van der Waals surface area contributed by atoms with Crippen molar-refractivity contribution in [2.45, 2.75) is 39.2 Å². The molecule has 1 saturated carbocycles. The summed E-state index contributed by atoms with van der Waals surface area (Å²) in [6, 6.07) is 11.3. The van der Waals surface area contributed by atoms with Gasteiger partial charge in [-0.3, -0.25) is 4.79 Å². The van der Waals surface area contributed by atoms with E-state index in [2.05, 4.69) is 20.5 Å². The van der Waals surface area contributed by atoms with Gasteiger partial charge in [0.05, 0.1) is 11.9 Å². The molecule has 0 radical (unpaired) electrons. The average molecular weight is 452 g/mol. The van der Waals surface area contributed by atoms with E-state index >= 15 is 0 Å². The first kappa shape index (κ1) is 22.9. The van der Waals surface area contributed by atoms with E-state index in [-0.39, 0.29) is 12.0 Å². The van der Waals surface area contributed by atoms with Crippen LogP contribution < -0.4 is 15.5 Å². The number of aromatic nitrogens is 1. The predicted molar refractivity (Wildman–Crippen MR) is 130 cm³/mol. The number of hydrogen-bond donors (Lipinski definition) is 2. The normalized spacial score (nSPS) is 16.3. The van der Waals surface area contributed by atoms with E-state index in [9.17, 15) is 9.59 Å². The van der Waals surface area contributed by atoms with Crippen molar-refractivity contribution < 1.29 is 14.3 Å². The van der Waals surface area contributed by atoms with Crippen molar-refractivity contribution in [1.29, 1.82) is 0 Å². The molecule has 0 atom stereocenters. The van der Waals surface area contributed by atoms with Gasteiger partial charge in [0.1, 0.15) is 11.4 Å². The smallest absolute Gasteiger partial charge is 0.410 e. The molecule has 1 aromatic heterocycles. The Bertz CT molecular complexity index is 957. The first-order valence-corrected chi connectivity index (χ1v) is 11.6. The van der Waals surface area contributed by atoms with E-state index in [1.807, 2.05) is 57.2 Å². The minimum atomic E-state index is -0.490. The molecule has 1 aromatic carbocycles. The molecule has 4 rings (SSSR count). The van der Waals surface area contributed by atoms with Crippen LogP contribution in [0.4, 0.5) is 22.0 Å². The summed E-state index contributed by atoms with van der Waals surface area (Å²) >= 11 is 0. The number of carbonyl (C=O) groups excluding carboxylic acids is 2. The van der Waals surface area contributed by atoms with Crippen LogP contribution in [0.3, 0.4) is 0 Å². The van der Waals surface area contributed by atoms with Gasteiger partial charge in [-0.1, -0.05) is 0 Å². The molecule has 0 spiro atoms. The van der Waals surface area contributed by atoms with Crippen LogP contribution >= 0.6 is 0 Å². The van der Waals surface area contributed by atoms with E-state index in [1.165, 1.54) is 12.8 Å². The molecule has 1 saturated heterocycles. The molecule has 2 heterocycles. The van der Waals surface area contributed by atoms with Gasteiger partial charge in [0.25, 0.3) is 5.91 Å². The lowest BCUT2D eigenvalue weighted by molar-refractivity contribution is 0.0240. The maximum absolute atomic E-state index is 12.6. The Labute approximate surface area is 195 Å². The number of amides is 2. The number of rotatable bonds is 6. The Kier molecular flexibility index (Phi) is 6.72. The SMILES string of the molecule is CC(C)(C)OC(=O)N1CCN(c2ccc(C(=O)Nc3ccc(NCC4CC4)nc3)cc2)CC1. The standard InChI is InChI=1S/C25H33N5O3/c1-25(2,3)33-24(32)30-14-12-29(13-15-30)21-9-6-19(7-10-21)23(31)28-20-8-11-22(27-17-20)26-16-18-4-5-18/h6-11,17-18H,4-5,12-16H2,1-3H3,(H,26,27)(H,28,31). The summed E-state index contributed by atoms with van der Waals surface area (Å²) in [6.45, 7) is 9.23. The van der Waals surface area contributed by atoms with E-state index in [4.69, 9.17) is 4.74 Å². The van der Waals surface area contributed by atoms with Gasteiger partial charge < -0.3 is 25.2 Å². The fraction of sp³-hybridized carbons (Fsp3) is 0.480. The third-order valence-electron chi connectivity index (χ3n) is 5.72. The lowest BCUT2D eigenvalue weighted by Crippen LogP contribution is -2.50. The summed E-state index contributed by atoms with van der Waals surface area (Å²) in [5.74, 6) is 1.44. The van der Waals surface area contributed by atoms with Crippen LogP contribution in [0, 0.1) is 5.92 Å². The molecule has 2 fully saturated rings. The van der Waals surface area contributed by atoms with Crippen molar-refractivity contribution in [2.24, 2.45) is 5.92 Å². The Hall–Kier alpha value is -3.29. The topological polar surface area (TPSA) is 86.8 Å². The molecule has 2 N–H and O–H groups in total. The van der Waals surface area contributed by atoms with Crippen LogP contribution in [0.15, 0.2) is 42.6 Å². The van der Waals surface area contributed by atoms with Crippen LogP contribution in [-0.4, -0.2) is 60.2 Å². The van der Waals surface area contributed by atoms with Gasteiger partial charge in [0.15, 0.2) is 0 Å². The second kappa shape index (κ2) is 9.68. The third kappa shape index (κ3) is 6.60. The van der Waals surface area contributed by atoms with Crippen LogP contribution in [0.5, 0.6) is 0 Å². The van der Waals surface area contributed by atoms with Crippen LogP contribution in [0.25, 0.3) is 0 Å². The molecule has 33 heavy (non-hydrogen) atoms. The van der Waals surface area contributed by atoms with Gasteiger partial charge in [0, 0.05) is 44.0 Å². The third-order valence-corrected chi connectivity index (χ3v) is 5.72. The van der Waals surface area contributed by atoms with Crippen LogP contribution in [0.1, 0.15) is 44.0 Å². The van der Waals surface area contributed by atoms with Gasteiger partial charge in [-0.05, 0) is 75.9 Å². The maximum atomic E-state index is 12.6. The summed E-state index contributed by atoms with van der Waals surface area (Å²) in [6.07, 6.45) is 3.99. The number of hydrogen-bond acceptors (Lipinski definition) is 6. The van der Waals surface area contributed by atoms with Gasteiger partial charge in [-0.25, -0.2) is 9.78 Å². The van der Waals surface area contributed by atoms with Crippen molar-refractivity contribution in [3.8, 4) is 0 Å². The zero-order valence-corrected chi connectivity index (χ0v) is 19.6. The van der Waals surface area contributed by atoms with Crippen LogP contribution in [0.2, 0.25) is 0 Å². The molecule has 2 amide bonds. The largest absolute Gasteiger partial charge is 0.444 e. The molecular formula is C25H33N5O3. The van der Waals surface area contributed by atoms with Gasteiger partial charge in [-0.2, -0.15) is 0 Å². The van der Waals surface area contributed by atoms with E-state index in [1.54, 1.807) is 11.1 Å². The number of carbonyl (C=O) groups is 2. The Morgan fingerprint density at radius 1 is 1.03 bits per heavy atom. The molecule has 0 unspecified atom stereocenters. The molecule has 8 nitrogen and oxygen atoms in total. The number of benzene rings is 1. The first-order valence-electron chi connectivity index (χ1n) is 11.6. The Morgan fingerprint density at radius 3 is 2.30 bits per heavy atom. The lowest BCUT2D eigenvalue weighted by Gasteiger charge is -2.36. The molecule has 0 bridgehead atoms. The lowest BCUT2D eigenvalue weighted by atomic mass is 10.1. The van der Waals surface area contributed by atoms with E-state index in [0.717, 1.165) is 37.1 Å². The summed E-state index contributed by atoms with van der Waals surface area (Å²) in [5, 5.41) is 6.22. The highest BCUT2D eigenvalue weighted by molar-refractivity contribution is 6.04. The fourth-order valence-electron chi connectivity index (χ4n) is 3.64. The monoisotopic (exact) mass is 451 g/mol. The van der Waals surface area contributed by atoms with Gasteiger partial charge in [0.2, 0.25) is 0 Å². The predicted octanol–water partition coefficient (Wildman–Crippen LogP) is 4.21. The number of anilines is 3. The zero-order chi connectivity index (χ0) is 23.4. The Morgan fingerprint density at radius 2 is 1.73 bits per heavy atom.